The minimum atomic E-state index is -3.28. The molecule has 1 rings (SSSR count). The van der Waals surface area contributed by atoms with Crippen molar-refractivity contribution in [3.63, 3.8) is 0 Å². The second kappa shape index (κ2) is 7.61. The highest BCUT2D eigenvalue weighted by molar-refractivity contribution is 7.88. The number of nitrogens with zero attached hydrogens (tertiary/aromatic N) is 1. The van der Waals surface area contributed by atoms with Gasteiger partial charge in [0, 0.05) is 18.3 Å². The van der Waals surface area contributed by atoms with Gasteiger partial charge in [-0.3, -0.25) is 0 Å². The molecule has 1 aromatic carbocycles. The molecule has 0 radical (unpaired) electrons. The molecule has 0 aliphatic rings. The number of nitrogens with two attached hydrogens (primary N) is 1. The van der Waals surface area contributed by atoms with Crippen molar-refractivity contribution in [3.05, 3.63) is 29.8 Å². The third-order valence-corrected chi connectivity index (χ3v) is 4.58. The minimum Gasteiger partial charge on any atom is -0.399 e. The van der Waals surface area contributed by atoms with Gasteiger partial charge in [0.25, 0.3) is 0 Å². The zero-order valence-electron chi connectivity index (χ0n) is 12.5. The van der Waals surface area contributed by atoms with E-state index in [-0.39, 0.29) is 5.75 Å². The molecule has 0 spiro atoms. The minimum absolute atomic E-state index is 0.00665. The van der Waals surface area contributed by atoms with E-state index in [0.717, 1.165) is 18.5 Å². The predicted octanol–water partition coefficient (Wildman–Crippen LogP) is 1.42. The molecule has 0 bridgehead atoms. The molecule has 20 heavy (non-hydrogen) atoms. The van der Waals surface area contributed by atoms with Crippen LogP contribution >= 0.6 is 0 Å². The molecular weight excluding hydrogens is 274 g/mol. The third-order valence-electron chi connectivity index (χ3n) is 3.23. The molecule has 0 aliphatic carbocycles. The molecule has 3 N–H and O–H groups in total. The molecule has 0 fully saturated rings. The van der Waals surface area contributed by atoms with Gasteiger partial charge in [-0.15, -0.1) is 0 Å². The molecule has 0 amide bonds. The van der Waals surface area contributed by atoms with E-state index in [0.29, 0.717) is 18.3 Å². The molecule has 5 nitrogen and oxygen atoms in total. The number of hydrogen-bond donors (Lipinski definition) is 2. The SMILES string of the molecule is CC(C)N(C)CCCNS(=O)(=O)Cc1ccc(N)cc1. The molecule has 0 atom stereocenters. The molecule has 0 aliphatic heterocycles. The summed E-state index contributed by atoms with van der Waals surface area (Å²) in [7, 11) is -1.24. The van der Waals surface area contributed by atoms with Crippen molar-refractivity contribution in [2.24, 2.45) is 0 Å². The van der Waals surface area contributed by atoms with Crippen LogP contribution in [0.5, 0.6) is 0 Å². The lowest BCUT2D eigenvalue weighted by Crippen LogP contribution is -2.31. The lowest BCUT2D eigenvalue weighted by Gasteiger charge is -2.20. The smallest absolute Gasteiger partial charge is 0.215 e. The van der Waals surface area contributed by atoms with Crippen LogP contribution in [-0.4, -0.2) is 39.5 Å². The van der Waals surface area contributed by atoms with Crippen LogP contribution in [0.4, 0.5) is 5.69 Å². The van der Waals surface area contributed by atoms with Crippen molar-refractivity contribution < 1.29 is 8.42 Å². The van der Waals surface area contributed by atoms with E-state index < -0.39 is 10.0 Å². The fourth-order valence-corrected chi connectivity index (χ4v) is 2.89. The summed E-state index contributed by atoms with van der Waals surface area (Å²) in [5.74, 6) is -0.00665. The fraction of sp³-hybridized carbons (Fsp3) is 0.571. The second-order valence-corrected chi connectivity index (χ2v) is 7.13. The maximum absolute atomic E-state index is 11.9. The maximum Gasteiger partial charge on any atom is 0.215 e. The Balaban J connectivity index is 2.37. The summed E-state index contributed by atoms with van der Waals surface area (Å²) in [6, 6.07) is 7.37. The molecule has 1 aromatic rings. The number of nitrogen functional groups attached to an aromatic ring is 1. The van der Waals surface area contributed by atoms with Gasteiger partial charge in [0.15, 0.2) is 0 Å². The fourth-order valence-electron chi connectivity index (χ4n) is 1.70. The van der Waals surface area contributed by atoms with Crippen molar-refractivity contribution in [1.29, 1.82) is 0 Å². The molecule has 0 unspecified atom stereocenters. The van der Waals surface area contributed by atoms with Gasteiger partial charge in [0.05, 0.1) is 5.75 Å². The summed E-state index contributed by atoms with van der Waals surface area (Å²) >= 11 is 0. The van der Waals surface area contributed by atoms with Crippen LogP contribution in [0, 0.1) is 0 Å². The van der Waals surface area contributed by atoms with E-state index in [9.17, 15) is 8.42 Å². The summed E-state index contributed by atoms with van der Waals surface area (Å²) < 4.78 is 26.4. The summed E-state index contributed by atoms with van der Waals surface area (Å²) in [6.45, 7) is 5.58. The topological polar surface area (TPSA) is 75.4 Å². The Morgan fingerprint density at radius 2 is 1.85 bits per heavy atom. The Labute approximate surface area is 122 Å². The van der Waals surface area contributed by atoms with E-state index >= 15 is 0 Å². The van der Waals surface area contributed by atoms with Gasteiger partial charge in [0.2, 0.25) is 10.0 Å². The Bertz CT molecular complexity index is 498. The molecule has 0 aromatic heterocycles. The highest BCUT2D eigenvalue weighted by Gasteiger charge is 2.11. The average Bonchev–Trinajstić information content (AvgIpc) is 2.37. The van der Waals surface area contributed by atoms with Gasteiger partial charge in [-0.2, -0.15) is 0 Å². The maximum atomic E-state index is 11.9. The number of benzene rings is 1. The van der Waals surface area contributed by atoms with Gasteiger partial charge in [-0.1, -0.05) is 12.1 Å². The third kappa shape index (κ3) is 6.36. The van der Waals surface area contributed by atoms with Gasteiger partial charge in [0.1, 0.15) is 0 Å². The number of nitrogens with one attached hydrogen (secondary N) is 1. The van der Waals surface area contributed by atoms with Crippen LogP contribution in [0.1, 0.15) is 25.8 Å². The first-order valence-corrected chi connectivity index (χ1v) is 8.47. The Hall–Kier alpha value is -1.11. The van der Waals surface area contributed by atoms with Crippen molar-refractivity contribution in [2.45, 2.75) is 32.1 Å². The summed E-state index contributed by atoms with van der Waals surface area (Å²) in [5.41, 5.74) is 6.95. The van der Waals surface area contributed by atoms with Crippen molar-refractivity contribution in [2.75, 3.05) is 25.9 Å². The van der Waals surface area contributed by atoms with Crippen LogP contribution < -0.4 is 10.5 Å². The molecule has 114 valence electrons. The summed E-state index contributed by atoms with van der Waals surface area (Å²) in [4.78, 5) is 2.19. The van der Waals surface area contributed by atoms with Crippen LogP contribution in [0.3, 0.4) is 0 Å². The highest BCUT2D eigenvalue weighted by Crippen LogP contribution is 2.08. The first-order chi connectivity index (χ1) is 9.30. The van der Waals surface area contributed by atoms with Crippen LogP contribution in [-0.2, 0) is 15.8 Å². The van der Waals surface area contributed by atoms with E-state index in [2.05, 4.69) is 23.5 Å². The Kier molecular flexibility index (Phi) is 6.45. The summed E-state index contributed by atoms with van der Waals surface area (Å²) in [6.07, 6.45) is 0.801. The van der Waals surface area contributed by atoms with Gasteiger partial charge < -0.3 is 10.6 Å². The van der Waals surface area contributed by atoms with Crippen molar-refractivity contribution in [1.82, 2.24) is 9.62 Å². The number of hydrogen-bond acceptors (Lipinski definition) is 4. The van der Waals surface area contributed by atoms with E-state index in [4.69, 9.17) is 5.73 Å². The van der Waals surface area contributed by atoms with Crippen molar-refractivity contribution in [3.8, 4) is 0 Å². The second-order valence-electron chi connectivity index (χ2n) is 5.32. The zero-order chi connectivity index (χ0) is 15.2. The van der Waals surface area contributed by atoms with E-state index in [1.54, 1.807) is 24.3 Å². The van der Waals surface area contributed by atoms with E-state index in [1.165, 1.54) is 0 Å². The normalized spacial score (nSPS) is 12.2. The molecule has 0 saturated heterocycles. The summed E-state index contributed by atoms with van der Waals surface area (Å²) in [5, 5.41) is 0. The lowest BCUT2D eigenvalue weighted by molar-refractivity contribution is 0.271. The lowest BCUT2D eigenvalue weighted by atomic mass is 10.2. The average molecular weight is 299 g/mol. The van der Waals surface area contributed by atoms with Gasteiger partial charge >= 0.3 is 0 Å². The van der Waals surface area contributed by atoms with E-state index in [1.807, 2.05) is 7.05 Å². The molecule has 0 heterocycles. The van der Waals surface area contributed by atoms with Crippen LogP contribution in [0.2, 0.25) is 0 Å². The quantitative estimate of drug-likeness (QED) is 0.562. The number of anilines is 1. The highest BCUT2D eigenvalue weighted by atomic mass is 32.2. The standard InChI is InChI=1S/C14H25N3O2S/c1-12(2)17(3)10-4-9-16-20(18,19)11-13-5-7-14(15)8-6-13/h5-8,12,16H,4,9-11,15H2,1-3H3. The first-order valence-electron chi connectivity index (χ1n) is 6.82. The first kappa shape index (κ1) is 16.9. The van der Waals surface area contributed by atoms with Gasteiger partial charge in [-0.25, -0.2) is 13.1 Å². The largest absolute Gasteiger partial charge is 0.399 e. The Morgan fingerprint density at radius 3 is 2.40 bits per heavy atom. The van der Waals surface area contributed by atoms with Crippen LogP contribution in [0.25, 0.3) is 0 Å². The Morgan fingerprint density at radius 1 is 1.25 bits per heavy atom. The number of sulfonamides is 1. The predicted molar refractivity (Wildman–Crippen MR) is 83.9 cm³/mol. The molecule has 6 heteroatoms. The van der Waals surface area contributed by atoms with Gasteiger partial charge in [-0.05, 0) is 51.6 Å². The van der Waals surface area contributed by atoms with Crippen molar-refractivity contribution >= 4 is 15.7 Å². The molecule has 0 saturated carbocycles. The zero-order valence-corrected chi connectivity index (χ0v) is 13.3. The number of rotatable bonds is 8. The monoisotopic (exact) mass is 299 g/mol. The van der Waals surface area contributed by atoms with Crippen LogP contribution in [0.15, 0.2) is 24.3 Å². The molecular formula is C14H25N3O2S.